The van der Waals surface area contributed by atoms with Gasteiger partial charge in [0.05, 0.1) is 33.3 Å². The second-order valence-electron chi connectivity index (χ2n) is 3.79. The lowest BCUT2D eigenvalue weighted by atomic mass is 10.0. The van der Waals surface area contributed by atoms with Crippen molar-refractivity contribution in [2.75, 3.05) is 20.8 Å². The summed E-state index contributed by atoms with van der Waals surface area (Å²) in [5, 5.41) is 8.93. The Hall–Kier alpha value is -2.48. The van der Waals surface area contributed by atoms with Crippen molar-refractivity contribution in [3.63, 3.8) is 0 Å². The molecule has 0 spiro atoms. The zero-order chi connectivity index (χ0) is 15.0. The number of esters is 1. The van der Waals surface area contributed by atoms with Crippen molar-refractivity contribution in [1.29, 1.82) is 5.26 Å². The van der Waals surface area contributed by atoms with Crippen molar-refractivity contribution in [3.8, 4) is 17.6 Å². The molecule has 1 aromatic carbocycles. The van der Waals surface area contributed by atoms with Crippen LogP contribution < -0.4 is 9.47 Å². The van der Waals surface area contributed by atoms with E-state index in [1.54, 1.807) is 25.1 Å². The highest BCUT2D eigenvalue weighted by molar-refractivity contribution is 5.87. The predicted molar refractivity (Wildman–Crippen MR) is 74.5 cm³/mol. The van der Waals surface area contributed by atoms with Gasteiger partial charge in [0.2, 0.25) is 0 Å². The average molecular weight is 275 g/mol. The summed E-state index contributed by atoms with van der Waals surface area (Å²) in [5.41, 5.74) is 1.40. The monoisotopic (exact) mass is 275 g/mol. The van der Waals surface area contributed by atoms with Crippen LogP contribution in [-0.2, 0) is 16.0 Å². The summed E-state index contributed by atoms with van der Waals surface area (Å²) in [6.45, 7) is 2.06. The van der Waals surface area contributed by atoms with Crippen molar-refractivity contribution in [1.82, 2.24) is 0 Å². The second-order valence-corrected chi connectivity index (χ2v) is 3.79. The van der Waals surface area contributed by atoms with E-state index in [0.29, 0.717) is 23.7 Å². The third-order valence-corrected chi connectivity index (χ3v) is 2.63. The maximum absolute atomic E-state index is 11.3. The van der Waals surface area contributed by atoms with Gasteiger partial charge in [-0.3, -0.25) is 0 Å². The standard InChI is InChI=1S/C15H17NO4/c1-4-20-14(17)8-6-11-5-7-13(18-2)15(19-3)12(11)9-10-16/h5-8H,4,9H2,1-3H3/b8-6+. The summed E-state index contributed by atoms with van der Waals surface area (Å²) in [5.74, 6) is 0.622. The molecule has 0 saturated heterocycles. The first kappa shape index (κ1) is 15.6. The molecule has 0 fully saturated rings. The van der Waals surface area contributed by atoms with E-state index in [9.17, 15) is 4.79 Å². The van der Waals surface area contributed by atoms with Gasteiger partial charge < -0.3 is 14.2 Å². The van der Waals surface area contributed by atoms with Crippen LogP contribution in [0.4, 0.5) is 0 Å². The van der Waals surface area contributed by atoms with E-state index < -0.39 is 5.97 Å². The van der Waals surface area contributed by atoms with Gasteiger partial charge in [0.25, 0.3) is 0 Å². The molecule has 5 nitrogen and oxygen atoms in total. The van der Waals surface area contributed by atoms with Crippen LogP contribution in [-0.4, -0.2) is 26.8 Å². The predicted octanol–water partition coefficient (Wildman–Crippen LogP) is 2.35. The molecule has 20 heavy (non-hydrogen) atoms. The number of rotatable bonds is 6. The summed E-state index contributed by atoms with van der Waals surface area (Å²) in [6.07, 6.45) is 3.08. The van der Waals surface area contributed by atoms with Gasteiger partial charge in [0, 0.05) is 11.6 Å². The first-order chi connectivity index (χ1) is 9.67. The lowest BCUT2D eigenvalue weighted by Gasteiger charge is -2.13. The quantitative estimate of drug-likeness (QED) is 0.589. The van der Waals surface area contributed by atoms with Crippen molar-refractivity contribution in [2.24, 2.45) is 0 Å². The Morgan fingerprint density at radius 3 is 2.65 bits per heavy atom. The third-order valence-electron chi connectivity index (χ3n) is 2.63. The second kappa shape index (κ2) is 7.85. The molecule has 0 bridgehead atoms. The Balaban J connectivity index is 3.19. The van der Waals surface area contributed by atoms with E-state index in [4.69, 9.17) is 19.5 Å². The topological polar surface area (TPSA) is 68.6 Å². The molecule has 0 aliphatic carbocycles. The molecule has 0 unspecified atom stereocenters. The minimum Gasteiger partial charge on any atom is -0.493 e. The molecular weight excluding hydrogens is 258 g/mol. The number of nitriles is 1. The molecule has 0 aliphatic rings. The molecule has 106 valence electrons. The number of nitrogens with zero attached hydrogens (tertiary/aromatic N) is 1. The van der Waals surface area contributed by atoms with Crippen LogP contribution in [0.15, 0.2) is 18.2 Å². The van der Waals surface area contributed by atoms with Crippen molar-refractivity contribution in [3.05, 3.63) is 29.3 Å². The normalized spacial score (nSPS) is 10.1. The Morgan fingerprint density at radius 1 is 1.35 bits per heavy atom. The van der Waals surface area contributed by atoms with Crippen LogP contribution >= 0.6 is 0 Å². The van der Waals surface area contributed by atoms with E-state index >= 15 is 0 Å². The Bertz CT molecular complexity index is 544. The molecule has 0 aliphatic heterocycles. The fourth-order valence-corrected chi connectivity index (χ4v) is 1.77. The van der Waals surface area contributed by atoms with E-state index in [0.717, 1.165) is 5.56 Å². The third kappa shape index (κ3) is 3.75. The van der Waals surface area contributed by atoms with Gasteiger partial charge in [-0.05, 0) is 24.6 Å². The number of hydrogen-bond donors (Lipinski definition) is 0. The number of hydrogen-bond acceptors (Lipinski definition) is 5. The first-order valence-corrected chi connectivity index (χ1v) is 6.13. The van der Waals surface area contributed by atoms with E-state index in [-0.39, 0.29) is 6.42 Å². The zero-order valence-electron chi connectivity index (χ0n) is 11.8. The van der Waals surface area contributed by atoms with Crippen molar-refractivity contribution >= 4 is 12.0 Å². The van der Waals surface area contributed by atoms with Gasteiger partial charge >= 0.3 is 5.97 Å². The van der Waals surface area contributed by atoms with Gasteiger partial charge in [-0.25, -0.2) is 4.79 Å². The summed E-state index contributed by atoms with van der Waals surface area (Å²) >= 11 is 0. The van der Waals surface area contributed by atoms with Crippen molar-refractivity contribution in [2.45, 2.75) is 13.3 Å². The Labute approximate surface area is 118 Å². The number of methoxy groups -OCH3 is 2. The highest BCUT2D eigenvalue weighted by Gasteiger charge is 2.13. The highest BCUT2D eigenvalue weighted by atomic mass is 16.5. The van der Waals surface area contributed by atoms with Crippen LogP contribution in [0.5, 0.6) is 11.5 Å². The summed E-state index contributed by atoms with van der Waals surface area (Å²) in [7, 11) is 3.04. The first-order valence-electron chi connectivity index (χ1n) is 6.13. The maximum atomic E-state index is 11.3. The molecule has 0 amide bonds. The van der Waals surface area contributed by atoms with Crippen LogP contribution in [0.1, 0.15) is 18.1 Å². The van der Waals surface area contributed by atoms with Crippen LogP contribution in [0.2, 0.25) is 0 Å². The molecule has 1 rings (SSSR count). The summed E-state index contributed by atoms with van der Waals surface area (Å²) in [4.78, 5) is 11.3. The Morgan fingerprint density at radius 2 is 2.10 bits per heavy atom. The van der Waals surface area contributed by atoms with Gasteiger partial charge in [0.1, 0.15) is 0 Å². The van der Waals surface area contributed by atoms with Crippen LogP contribution in [0.3, 0.4) is 0 Å². The lowest BCUT2D eigenvalue weighted by molar-refractivity contribution is -0.137. The molecule has 0 aromatic heterocycles. The minimum atomic E-state index is -0.426. The van der Waals surface area contributed by atoms with Gasteiger partial charge in [-0.2, -0.15) is 5.26 Å². The largest absolute Gasteiger partial charge is 0.493 e. The molecule has 0 atom stereocenters. The van der Waals surface area contributed by atoms with E-state index in [1.165, 1.54) is 20.3 Å². The van der Waals surface area contributed by atoms with Gasteiger partial charge in [-0.15, -0.1) is 0 Å². The summed E-state index contributed by atoms with van der Waals surface area (Å²) < 4.78 is 15.3. The van der Waals surface area contributed by atoms with Gasteiger partial charge in [-0.1, -0.05) is 6.07 Å². The fourth-order valence-electron chi connectivity index (χ4n) is 1.77. The van der Waals surface area contributed by atoms with Crippen molar-refractivity contribution < 1.29 is 19.0 Å². The van der Waals surface area contributed by atoms with E-state index in [1.807, 2.05) is 0 Å². The summed E-state index contributed by atoms with van der Waals surface area (Å²) in [6, 6.07) is 5.57. The maximum Gasteiger partial charge on any atom is 0.330 e. The fraction of sp³-hybridized carbons (Fsp3) is 0.333. The van der Waals surface area contributed by atoms with Crippen LogP contribution in [0.25, 0.3) is 6.08 Å². The number of carbonyl (C=O) groups excluding carboxylic acids is 1. The zero-order valence-corrected chi connectivity index (χ0v) is 11.8. The number of ether oxygens (including phenoxy) is 3. The number of carbonyl (C=O) groups is 1. The SMILES string of the molecule is CCOC(=O)/C=C/c1ccc(OC)c(OC)c1CC#N. The highest BCUT2D eigenvalue weighted by Crippen LogP contribution is 2.34. The molecule has 0 heterocycles. The van der Waals surface area contributed by atoms with Gasteiger partial charge in [0.15, 0.2) is 11.5 Å². The smallest absolute Gasteiger partial charge is 0.330 e. The van der Waals surface area contributed by atoms with Crippen LogP contribution in [0, 0.1) is 11.3 Å². The lowest BCUT2D eigenvalue weighted by Crippen LogP contribution is -2.00. The minimum absolute atomic E-state index is 0.156. The molecule has 0 N–H and O–H groups in total. The molecule has 0 radical (unpaired) electrons. The molecule has 5 heteroatoms. The van der Waals surface area contributed by atoms with E-state index in [2.05, 4.69) is 6.07 Å². The number of benzene rings is 1. The molecule has 1 aromatic rings. The molecular formula is C15H17NO4. The average Bonchev–Trinajstić information content (AvgIpc) is 2.46. The Kier molecular flexibility index (Phi) is 6.11. The molecule has 0 saturated carbocycles.